The number of aromatic nitrogens is 1. The molecule has 2 rings (SSSR count). The summed E-state index contributed by atoms with van der Waals surface area (Å²) in [6, 6.07) is 10.0. The second-order valence-corrected chi connectivity index (χ2v) is 4.26. The molecule has 0 atom stereocenters. The van der Waals surface area contributed by atoms with Crippen molar-refractivity contribution in [3.05, 3.63) is 52.0 Å². The third kappa shape index (κ3) is 2.41. The molecular weight excluding hydrogens is 208 g/mol. The van der Waals surface area contributed by atoms with Crippen LogP contribution in [-0.2, 0) is 6.42 Å². The Bertz CT molecular complexity index is 464. The lowest BCUT2D eigenvalue weighted by atomic mass is 10.2. The van der Waals surface area contributed by atoms with Gasteiger partial charge in [-0.15, -0.1) is 11.3 Å². The van der Waals surface area contributed by atoms with E-state index in [1.54, 1.807) is 0 Å². The molecule has 1 amide bonds. The molecule has 15 heavy (non-hydrogen) atoms. The molecule has 0 spiro atoms. The number of nitrogens with two attached hydrogens (primary N) is 1. The lowest BCUT2D eigenvalue weighted by molar-refractivity contribution is 0.100. The van der Waals surface area contributed by atoms with Gasteiger partial charge in [0.1, 0.15) is 4.88 Å². The van der Waals surface area contributed by atoms with Crippen molar-refractivity contribution < 1.29 is 4.79 Å². The highest BCUT2D eigenvalue weighted by atomic mass is 32.1. The number of primary amides is 1. The van der Waals surface area contributed by atoms with Crippen LogP contribution in [0, 0.1) is 0 Å². The maximum absolute atomic E-state index is 10.9. The van der Waals surface area contributed by atoms with Gasteiger partial charge in [-0.05, 0) is 5.56 Å². The summed E-state index contributed by atoms with van der Waals surface area (Å²) in [6.45, 7) is 0. The van der Waals surface area contributed by atoms with Crippen LogP contribution in [0.2, 0.25) is 0 Å². The highest BCUT2D eigenvalue weighted by molar-refractivity contribution is 7.13. The molecule has 0 aliphatic carbocycles. The van der Waals surface area contributed by atoms with Gasteiger partial charge in [0, 0.05) is 6.42 Å². The van der Waals surface area contributed by atoms with Gasteiger partial charge in [-0.3, -0.25) is 4.79 Å². The van der Waals surface area contributed by atoms with Crippen LogP contribution in [0.1, 0.15) is 20.2 Å². The van der Waals surface area contributed by atoms with E-state index in [2.05, 4.69) is 4.98 Å². The van der Waals surface area contributed by atoms with Crippen LogP contribution in [-0.4, -0.2) is 10.9 Å². The van der Waals surface area contributed by atoms with Gasteiger partial charge >= 0.3 is 0 Å². The number of carbonyl (C=O) groups is 1. The van der Waals surface area contributed by atoms with Crippen molar-refractivity contribution in [2.45, 2.75) is 6.42 Å². The predicted octanol–water partition coefficient (Wildman–Crippen LogP) is 1.83. The van der Waals surface area contributed by atoms with E-state index in [-0.39, 0.29) is 0 Å². The lowest BCUT2D eigenvalue weighted by Gasteiger charge is -1.95. The molecule has 1 aromatic heterocycles. The minimum Gasteiger partial charge on any atom is -0.365 e. The molecule has 0 saturated heterocycles. The molecule has 1 heterocycles. The topological polar surface area (TPSA) is 56.0 Å². The van der Waals surface area contributed by atoms with Crippen molar-refractivity contribution in [1.29, 1.82) is 0 Å². The van der Waals surface area contributed by atoms with Crippen LogP contribution in [0.25, 0.3) is 0 Å². The summed E-state index contributed by atoms with van der Waals surface area (Å²) in [6.07, 6.45) is 2.28. The normalized spacial score (nSPS) is 10.1. The van der Waals surface area contributed by atoms with Crippen LogP contribution < -0.4 is 5.73 Å². The Labute approximate surface area is 91.6 Å². The van der Waals surface area contributed by atoms with E-state index >= 15 is 0 Å². The first-order valence-electron chi connectivity index (χ1n) is 4.54. The quantitative estimate of drug-likeness (QED) is 0.854. The fourth-order valence-electron chi connectivity index (χ4n) is 1.28. The SMILES string of the molecule is NC(=O)c1cnc(Cc2ccccc2)s1. The van der Waals surface area contributed by atoms with Crippen LogP contribution in [0.4, 0.5) is 0 Å². The second-order valence-electron chi connectivity index (χ2n) is 3.14. The summed E-state index contributed by atoms with van der Waals surface area (Å²) in [5, 5.41) is 0.912. The monoisotopic (exact) mass is 218 g/mol. The van der Waals surface area contributed by atoms with Crippen molar-refractivity contribution in [2.24, 2.45) is 5.73 Å². The molecule has 3 nitrogen and oxygen atoms in total. The fraction of sp³-hybridized carbons (Fsp3) is 0.0909. The summed E-state index contributed by atoms with van der Waals surface area (Å²) >= 11 is 1.35. The number of rotatable bonds is 3. The van der Waals surface area contributed by atoms with E-state index in [0.717, 1.165) is 11.4 Å². The van der Waals surface area contributed by atoms with Gasteiger partial charge in [0.2, 0.25) is 0 Å². The van der Waals surface area contributed by atoms with E-state index in [9.17, 15) is 4.79 Å². The van der Waals surface area contributed by atoms with Crippen LogP contribution in [0.15, 0.2) is 36.5 Å². The summed E-state index contributed by atoms with van der Waals surface area (Å²) in [5.74, 6) is -0.410. The third-order valence-electron chi connectivity index (χ3n) is 1.99. The zero-order chi connectivity index (χ0) is 10.7. The number of amides is 1. The number of carbonyl (C=O) groups excluding carboxylic acids is 1. The van der Waals surface area contributed by atoms with Gasteiger partial charge in [0.05, 0.1) is 11.2 Å². The van der Waals surface area contributed by atoms with Gasteiger partial charge in [-0.2, -0.15) is 0 Å². The molecule has 2 aromatic rings. The summed E-state index contributed by atoms with van der Waals surface area (Å²) in [5.41, 5.74) is 6.34. The Hall–Kier alpha value is -1.68. The zero-order valence-electron chi connectivity index (χ0n) is 8.01. The van der Waals surface area contributed by atoms with E-state index < -0.39 is 5.91 Å². The fourth-order valence-corrected chi connectivity index (χ4v) is 2.08. The van der Waals surface area contributed by atoms with Crippen molar-refractivity contribution in [3.63, 3.8) is 0 Å². The highest BCUT2D eigenvalue weighted by Gasteiger charge is 2.06. The number of hydrogen-bond donors (Lipinski definition) is 1. The molecule has 4 heteroatoms. The van der Waals surface area contributed by atoms with Gasteiger partial charge in [0.25, 0.3) is 5.91 Å². The number of thiazole rings is 1. The number of nitrogens with zero attached hydrogens (tertiary/aromatic N) is 1. The average molecular weight is 218 g/mol. The van der Waals surface area contributed by atoms with Crippen LogP contribution in [0.3, 0.4) is 0 Å². The Kier molecular flexibility index (Phi) is 2.78. The largest absolute Gasteiger partial charge is 0.365 e. The van der Waals surface area contributed by atoms with E-state index in [1.807, 2.05) is 30.3 Å². The molecule has 0 aliphatic rings. The van der Waals surface area contributed by atoms with Crippen molar-refractivity contribution >= 4 is 17.2 Å². The summed E-state index contributed by atoms with van der Waals surface area (Å²) in [7, 11) is 0. The molecule has 0 aliphatic heterocycles. The molecule has 0 bridgehead atoms. The number of benzene rings is 1. The Balaban J connectivity index is 2.15. The molecule has 0 saturated carbocycles. The minimum absolute atomic E-state index is 0.410. The van der Waals surface area contributed by atoms with E-state index in [0.29, 0.717) is 4.88 Å². The molecule has 1 aromatic carbocycles. The van der Waals surface area contributed by atoms with Crippen LogP contribution >= 0.6 is 11.3 Å². The molecule has 0 fully saturated rings. The first kappa shape index (κ1) is 9.86. The number of hydrogen-bond acceptors (Lipinski definition) is 3. The first-order valence-corrected chi connectivity index (χ1v) is 5.36. The van der Waals surface area contributed by atoms with Gasteiger partial charge in [-0.25, -0.2) is 4.98 Å². The minimum atomic E-state index is -0.410. The molecule has 0 radical (unpaired) electrons. The Morgan fingerprint density at radius 1 is 1.33 bits per heavy atom. The van der Waals surface area contributed by atoms with Crippen LogP contribution in [0.5, 0.6) is 0 Å². The maximum atomic E-state index is 10.9. The van der Waals surface area contributed by atoms with Crippen molar-refractivity contribution in [3.8, 4) is 0 Å². The van der Waals surface area contributed by atoms with Gasteiger partial charge in [-0.1, -0.05) is 30.3 Å². The van der Waals surface area contributed by atoms with Gasteiger partial charge < -0.3 is 5.73 Å². The summed E-state index contributed by atoms with van der Waals surface area (Å²) in [4.78, 5) is 15.5. The summed E-state index contributed by atoms with van der Waals surface area (Å²) < 4.78 is 0. The smallest absolute Gasteiger partial charge is 0.260 e. The zero-order valence-corrected chi connectivity index (χ0v) is 8.83. The van der Waals surface area contributed by atoms with E-state index in [1.165, 1.54) is 23.1 Å². The van der Waals surface area contributed by atoms with Gasteiger partial charge in [0.15, 0.2) is 0 Å². The van der Waals surface area contributed by atoms with Crippen molar-refractivity contribution in [1.82, 2.24) is 4.98 Å². The molecule has 76 valence electrons. The van der Waals surface area contributed by atoms with E-state index in [4.69, 9.17) is 5.73 Å². The standard InChI is InChI=1S/C11H10N2OS/c12-11(14)9-7-13-10(15-9)6-8-4-2-1-3-5-8/h1-5,7H,6H2,(H2,12,14). The second kappa shape index (κ2) is 4.23. The Morgan fingerprint density at radius 3 is 2.67 bits per heavy atom. The highest BCUT2D eigenvalue weighted by Crippen LogP contribution is 2.16. The average Bonchev–Trinajstić information content (AvgIpc) is 2.68. The molecule has 0 unspecified atom stereocenters. The lowest BCUT2D eigenvalue weighted by Crippen LogP contribution is -2.08. The molecule has 2 N–H and O–H groups in total. The predicted molar refractivity (Wildman–Crippen MR) is 59.9 cm³/mol. The molecular formula is C11H10N2OS. The van der Waals surface area contributed by atoms with Crippen molar-refractivity contribution in [2.75, 3.05) is 0 Å². The Morgan fingerprint density at radius 2 is 2.07 bits per heavy atom. The maximum Gasteiger partial charge on any atom is 0.260 e. The third-order valence-corrected chi connectivity index (χ3v) is 3.01. The first-order chi connectivity index (χ1) is 7.25.